The predicted octanol–water partition coefficient (Wildman–Crippen LogP) is 3.42. The molecule has 0 radical (unpaired) electrons. The summed E-state index contributed by atoms with van der Waals surface area (Å²) >= 11 is 3.28. The average Bonchev–Trinajstić information content (AvgIpc) is 1.84. The third kappa shape index (κ3) is 2.66. The Balaban J connectivity index is 4.47. The summed E-state index contributed by atoms with van der Waals surface area (Å²) < 4.78 is 0.930. The van der Waals surface area contributed by atoms with Crippen molar-refractivity contribution in [3.63, 3.8) is 0 Å². The molecule has 0 rings (SSSR count). The summed E-state index contributed by atoms with van der Waals surface area (Å²) in [5, 5.41) is 0. The summed E-state index contributed by atoms with van der Waals surface area (Å²) in [5.41, 5.74) is 2.32. The Morgan fingerprint density at radius 1 is 1.44 bits per heavy atom. The molecule has 0 saturated heterocycles. The van der Waals surface area contributed by atoms with E-state index in [1.807, 2.05) is 19.9 Å². The summed E-state index contributed by atoms with van der Waals surface area (Å²) in [5.74, 6) is 0. The first-order chi connectivity index (χ1) is 4.09. The lowest BCUT2D eigenvalue weighted by Gasteiger charge is -1.98. The van der Waals surface area contributed by atoms with Crippen LogP contribution >= 0.6 is 15.9 Å². The maximum atomic E-state index is 3.74. The molecular formula is C8H11Br. The smallest absolute Gasteiger partial charge is 0.0135 e. The van der Waals surface area contributed by atoms with Crippen LogP contribution in [0.5, 0.6) is 0 Å². The molecule has 0 atom stereocenters. The van der Waals surface area contributed by atoms with Gasteiger partial charge in [0.1, 0.15) is 0 Å². The van der Waals surface area contributed by atoms with E-state index in [1.54, 1.807) is 0 Å². The van der Waals surface area contributed by atoms with Crippen LogP contribution < -0.4 is 0 Å². The number of hydrogen-bond acceptors (Lipinski definition) is 0. The van der Waals surface area contributed by atoms with Crippen molar-refractivity contribution in [3.05, 3.63) is 34.9 Å². The fourth-order valence-electron chi connectivity index (χ4n) is 0.367. The zero-order valence-corrected chi connectivity index (χ0v) is 7.46. The van der Waals surface area contributed by atoms with Crippen LogP contribution in [-0.4, -0.2) is 0 Å². The van der Waals surface area contributed by atoms with Crippen molar-refractivity contribution in [3.8, 4) is 0 Å². The topological polar surface area (TPSA) is 0 Å². The summed E-state index contributed by atoms with van der Waals surface area (Å²) in [7, 11) is 0. The van der Waals surface area contributed by atoms with E-state index in [-0.39, 0.29) is 0 Å². The monoisotopic (exact) mass is 186 g/mol. The lowest BCUT2D eigenvalue weighted by molar-refractivity contribution is 1.38. The maximum absolute atomic E-state index is 3.74. The van der Waals surface area contributed by atoms with Crippen molar-refractivity contribution in [1.82, 2.24) is 0 Å². The van der Waals surface area contributed by atoms with Crippen molar-refractivity contribution in [1.29, 1.82) is 0 Å². The highest BCUT2D eigenvalue weighted by atomic mass is 79.9. The second kappa shape index (κ2) is 3.67. The normalized spacial score (nSPS) is 12.3. The minimum Gasteiger partial charge on any atom is -0.0988 e. The molecule has 0 aliphatic rings. The quantitative estimate of drug-likeness (QED) is 0.581. The molecular weight excluding hydrogens is 176 g/mol. The SMILES string of the molecule is C=C/C(C)=C(/C)C(=C)Br. The summed E-state index contributed by atoms with van der Waals surface area (Å²) in [4.78, 5) is 0. The van der Waals surface area contributed by atoms with Gasteiger partial charge in [0, 0.05) is 4.48 Å². The highest BCUT2D eigenvalue weighted by Crippen LogP contribution is 2.17. The van der Waals surface area contributed by atoms with Gasteiger partial charge in [0.15, 0.2) is 0 Å². The highest BCUT2D eigenvalue weighted by Gasteiger charge is 1.92. The van der Waals surface area contributed by atoms with Crippen LogP contribution in [0.3, 0.4) is 0 Å². The molecule has 0 saturated carbocycles. The molecule has 0 N–H and O–H groups in total. The van der Waals surface area contributed by atoms with Crippen molar-refractivity contribution in [2.45, 2.75) is 13.8 Å². The van der Waals surface area contributed by atoms with Crippen LogP contribution in [0.4, 0.5) is 0 Å². The van der Waals surface area contributed by atoms with Crippen molar-refractivity contribution < 1.29 is 0 Å². The maximum Gasteiger partial charge on any atom is 0.0135 e. The van der Waals surface area contributed by atoms with E-state index in [2.05, 4.69) is 29.1 Å². The molecule has 0 aromatic rings. The zero-order chi connectivity index (χ0) is 7.44. The highest BCUT2D eigenvalue weighted by molar-refractivity contribution is 9.11. The van der Waals surface area contributed by atoms with Crippen LogP contribution in [0.15, 0.2) is 34.9 Å². The van der Waals surface area contributed by atoms with Crippen LogP contribution in [0.2, 0.25) is 0 Å². The predicted molar refractivity (Wildman–Crippen MR) is 46.6 cm³/mol. The number of allylic oxidation sites excluding steroid dienone is 4. The summed E-state index contributed by atoms with van der Waals surface area (Å²) in [6.07, 6.45) is 1.82. The molecule has 9 heavy (non-hydrogen) atoms. The zero-order valence-electron chi connectivity index (χ0n) is 5.87. The van der Waals surface area contributed by atoms with E-state index < -0.39 is 0 Å². The Labute approximate surface area is 65.1 Å². The molecule has 0 bridgehead atoms. The first kappa shape index (κ1) is 8.70. The van der Waals surface area contributed by atoms with E-state index in [0.29, 0.717) is 0 Å². The van der Waals surface area contributed by atoms with E-state index in [1.165, 1.54) is 0 Å². The van der Waals surface area contributed by atoms with Crippen LogP contribution in [-0.2, 0) is 0 Å². The fourth-order valence-corrected chi connectivity index (χ4v) is 0.680. The molecule has 0 amide bonds. The van der Waals surface area contributed by atoms with E-state index >= 15 is 0 Å². The average molecular weight is 187 g/mol. The Hall–Kier alpha value is -0.300. The first-order valence-electron chi connectivity index (χ1n) is 2.74. The lowest BCUT2D eigenvalue weighted by atomic mass is 10.1. The van der Waals surface area contributed by atoms with Crippen molar-refractivity contribution in [2.24, 2.45) is 0 Å². The molecule has 0 nitrogen and oxygen atoms in total. The van der Waals surface area contributed by atoms with Crippen molar-refractivity contribution >= 4 is 15.9 Å². The van der Waals surface area contributed by atoms with Crippen LogP contribution in [0.25, 0.3) is 0 Å². The molecule has 0 aromatic carbocycles. The molecule has 0 aromatic heterocycles. The minimum atomic E-state index is 0.930. The Kier molecular flexibility index (Phi) is 3.55. The van der Waals surface area contributed by atoms with Gasteiger partial charge in [-0.1, -0.05) is 35.2 Å². The molecule has 1 heteroatoms. The van der Waals surface area contributed by atoms with Gasteiger partial charge in [0.2, 0.25) is 0 Å². The Bertz CT molecular complexity index is 163. The first-order valence-corrected chi connectivity index (χ1v) is 3.53. The lowest BCUT2D eigenvalue weighted by Crippen LogP contribution is -1.77. The van der Waals surface area contributed by atoms with Gasteiger partial charge in [-0.05, 0) is 25.0 Å². The molecule has 0 aliphatic heterocycles. The van der Waals surface area contributed by atoms with Crippen LogP contribution in [0, 0.1) is 0 Å². The third-order valence-electron chi connectivity index (χ3n) is 1.30. The molecule has 0 fully saturated rings. The Morgan fingerprint density at radius 3 is 2.00 bits per heavy atom. The van der Waals surface area contributed by atoms with E-state index in [0.717, 1.165) is 15.6 Å². The van der Waals surface area contributed by atoms with Gasteiger partial charge in [-0.15, -0.1) is 0 Å². The summed E-state index contributed by atoms with van der Waals surface area (Å²) in [6, 6.07) is 0. The van der Waals surface area contributed by atoms with Gasteiger partial charge in [-0.25, -0.2) is 0 Å². The standard InChI is InChI=1S/C8H11Br/c1-5-6(2)7(3)8(4)9/h5H,1,4H2,2-3H3/b7-6-. The minimum absolute atomic E-state index is 0.930. The molecule has 0 spiro atoms. The van der Waals surface area contributed by atoms with Gasteiger partial charge in [0.25, 0.3) is 0 Å². The largest absolute Gasteiger partial charge is 0.0988 e. The second-order valence-electron chi connectivity index (χ2n) is 1.92. The van der Waals surface area contributed by atoms with Gasteiger partial charge in [0.05, 0.1) is 0 Å². The Morgan fingerprint density at radius 2 is 1.89 bits per heavy atom. The molecule has 50 valence electrons. The van der Waals surface area contributed by atoms with Crippen molar-refractivity contribution in [2.75, 3.05) is 0 Å². The van der Waals surface area contributed by atoms with Gasteiger partial charge in [-0.2, -0.15) is 0 Å². The van der Waals surface area contributed by atoms with Gasteiger partial charge in [-0.3, -0.25) is 0 Å². The number of rotatable bonds is 2. The molecule has 0 unspecified atom stereocenters. The third-order valence-corrected chi connectivity index (χ3v) is 1.90. The fraction of sp³-hybridized carbons (Fsp3) is 0.250. The van der Waals surface area contributed by atoms with Crippen LogP contribution in [0.1, 0.15) is 13.8 Å². The summed E-state index contributed by atoms with van der Waals surface area (Å²) in [6.45, 7) is 11.4. The van der Waals surface area contributed by atoms with Gasteiger partial charge >= 0.3 is 0 Å². The van der Waals surface area contributed by atoms with Gasteiger partial charge < -0.3 is 0 Å². The number of halogens is 1. The van der Waals surface area contributed by atoms with E-state index in [9.17, 15) is 0 Å². The number of hydrogen-bond donors (Lipinski definition) is 0. The van der Waals surface area contributed by atoms with E-state index in [4.69, 9.17) is 0 Å². The molecule has 0 aliphatic carbocycles. The molecule has 0 heterocycles. The second-order valence-corrected chi connectivity index (χ2v) is 2.87.